The molecule has 0 atom stereocenters. The van der Waals surface area contributed by atoms with Crippen molar-refractivity contribution >= 4 is 27.5 Å². The predicted molar refractivity (Wildman–Crippen MR) is 119 cm³/mol. The lowest BCUT2D eigenvalue weighted by atomic mass is 10.1. The molecule has 158 valence electrons. The molecule has 4 rings (SSSR count). The number of aromatic nitrogens is 2. The maximum atomic E-state index is 12.8. The number of fused-ring (bicyclic) bond motifs is 1. The van der Waals surface area contributed by atoms with Crippen LogP contribution >= 0.6 is 11.3 Å². The monoisotopic (exact) mass is 425 g/mol. The van der Waals surface area contributed by atoms with Gasteiger partial charge in [0.15, 0.2) is 0 Å². The standard InChI is InChI=1S/C23H27N3O3S/c1-16-17(2)30-22-21(16)23(28)26(15-24-22)13-10-20(27)25-11-8-19(9-12-25)29-14-18-6-4-3-5-7-18/h3-7,15,19H,8-14H2,1-2H3. The van der Waals surface area contributed by atoms with Gasteiger partial charge in [-0.2, -0.15) is 0 Å². The van der Waals surface area contributed by atoms with E-state index < -0.39 is 0 Å². The number of piperidine rings is 1. The summed E-state index contributed by atoms with van der Waals surface area (Å²) in [5, 5.41) is 0.684. The van der Waals surface area contributed by atoms with E-state index in [-0.39, 0.29) is 17.6 Å². The van der Waals surface area contributed by atoms with Gasteiger partial charge in [0.1, 0.15) is 4.83 Å². The third-order valence-electron chi connectivity index (χ3n) is 5.85. The largest absolute Gasteiger partial charge is 0.373 e. The number of likely N-dealkylation sites (tertiary alicyclic amines) is 1. The SMILES string of the molecule is Cc1sc2ncn(CCC(=O)N3CCC(OCc4ccccc4)CC3)c(=O)c2c1C. The van der Waals surface area contributed by atoms with Crippen molar-refractivity contribution in [1.82, 2.24) is 14.5 Å². The smallest absolute Gasteiger partial charge is 0.262 e. The number of nitrogens with zero attached hydrogens (tertiary/aromatic N) is 3. The molecule has 0 N–H and O–H groups in total. The first-order valence-corrected chi connectivity index (χ1v) is 11.2. The molecule has 0 aliphatic carbocycles. The summed E-state index contributed by atoms with van der Waals surface area (Å²) in [6.07, 6.45) is 3.76. The average Bonchev–Trinajstić information content (AvgIpc) is 3.07. The molecule has 0 unspecified atom stereocenters. The molecule has 2 aromatic heterocycles. The minimum Gasteiger partial charge on any atom is -0.373 e. The molecule has 7 heteroatoms. The van der Waals surface area contributed by atoms with Gasteiger partial charge in [-0.3, -0.25) is 14.2 Å². The summed E-state index contributed by atoms with van der Waals surface area (Å²) in [5.74, 6) is 0.0849. The number of benzene rings is 1. The van der Waals surface area contributed by atoms with Gasteiger partial charge in [0.05, 0.1) is 24.4 Å². The van der Waals surface area contributed by atoms with Crippen LogP contribution in [0.2, 0.25) is 0 Å². The van der Waals surface area contributed by atoms with Crippen LogP contribution in [0.15, 0.2) is 41.5 Å². The molecular formula is C23H27N3O3S. The summed E-state index contributed by atoms with van der Waals surface area (Å²) >= 11 is 1.54. The van der Waals surface area contributed by atoms with Crippen molar-refractivity contribution in [3.05, 3.63) is 63.0 Å². The molecule has 0 bridgehead atoms. The van der Waals surface area contributed by atoms with Crippen molar-refractivity contribution in [2.75, 3.05) is 13.1 Å². The highest BCUT2D eigenvalue weighted by Gasteiger charge is 2.23. The van der Waals surface area contributed by atoms with Gasteiger partial charge in [0.2, 0.25) is 5.91 Å². The lowest BCUT2D eigenvalue weighted by Crippen LogP contribution is -2.41. The zero-order valence-electron chi connectivity index (χ0n) is 17.5. The Labute approximate surface area is 180 Å². The molecular weight excluding hydrogens is 398 g/mol. The lowest BCUT2D eigenvalue weighted by Gasteiger charge is -2.32. The van der Waals surface area contributed by atoms with E-state index in [2.05, 4.69) is 17.1 Å². The Kier molecular flexibility index (Phi) is 6.29. The van der Waals surface area contributed by atoms with Crippen molar-refractivity contribution in [2.45, 2.75) is 52.4 Å². The van der Waals surface area contributed by atoms with E-state index >= 15 is 0 Å². The highest BCUT2D eigenvalue weighted by Crippen LogP contribution is 2.25. The number of hydrogen-bond donors (Lipinski definition) is 0. The van der Waals surface area contributed by atoms with E-state index in [1.807, 2.05) is 36.9 Å². The number of hydrogen-bond acceptors (Lipinski definition) is 5. The van der Waals surface area contributed by atoms with Crippen LogP contribution in [0.1, 0.15) is 35.3 Å². The summed E-state index contributed by atoms with van der Waals surface area (Å²) in [4.78, 5) is 33.6. The Morgan fingerprint density at radius 3 is 2.67 bits per heavy atom. The minimum atomic E-state index is -0.0531. The minimum absolute atomic E-state index is 0.0531. The number of ether oxygens (including phenoxy) is 1. The average molecular weight is 426 g/mol. The summed E-state index contributed by atoms with van der Waals surface area (Å²) in [6.45, 7) is 6.33. The second-order valence-electron chi connectivity index (χ2n) is 7.83. The van der Waals surface area contributed by atoms with Gasteiger partial charge in [0, 0.05) is 30.9 Å². The second-order valence-corrected chi connectivity index (χ2v) is 9.04. The van der Waals surface area contributed by atoms with Crippen molar-refractivity contribution in [1.29, 1.82) is 0 Å². The number of amides is 1. The van der Waals surface area contributed by atoms with E-state index in [0.29, 0.717) is 38.0 Å². The Hall–Kier alpha value is -2.51. The maximum absolute atomic E-state index is 12.8. The number of carbonyl (C=O) groups is 1. The Bertz CT molecular complexity index is 1080. The zero-order valence-corrected chi connectivity index (χ0v) is 18.3. The van der Waals surface area contributed by atoms with Crippen LogP contribution in [-0.2, 0) is 22.7 Å². The second kappa shape index (κ2) is 9.10. The fourth-order valence-corrected chi connectivity index (χ4v) is 4.85. The summed E-state index contributed by atoms with van der Waals surface area (Å²) in [6, 6.07) is 10.1. The van der Waals surface area contributed by atoms with Crippen molar-refractivity contribution < 1.29 is 9.53 Å². The molecule has 3 heterocycles. The fraction of sp³-hybridized carbons (Fsp3) is 0.435. The first-order valence-electron chi connectivity index (χ1n) is 10.4. The fourth-order valence-electron chi connectivity index (χ4n) is 3.86. The van der Waals surface area contributed by atoms with Crippen LogP contribution in [0.3, 0.4) is 0 Å². The predicted octanol–water partition coefficient (Wildman–Crippen LogP) is 3.67. The molecule has 1 amide bonds. The lowest BCUT2D eigenvalue weighted by molar-refractivity contribution is -0.134. The quantitative estimate of drug-likeness (QED) is 0.604. The van der Waals surface area contributed by atoms with Gasteiger partial charge in [-0.15, -0.1) is 11.3 Å². The summed E-state index contributed by atoms with van der Waals surface area (Å²) in [7, 11) is 0. The highest BCUT2D eigenvalue weighted by atomic mass is 32.1. The van der Waals surface area contributed by atoms with E-state index in [9.17, 15) is 9.59 Å². The summed E-state index contributed by atoms with van der Waals surface area (Å²) < 4.78 is 7.57. The number of carbonyl (C=O) groups excluding carboxylic acids is 1. The number of thiophene rings is 1. The normalized spacial score (nSPS) is 15.1. The Morgan fingerprint density at radius 2 is 1.93 bits per heavy atom. The zero-order chi connectivity index (χ0) is 21.1. The number of rotatable bonds is 6. The van der Waals surface area contributed by atoms with Gasteiger partial charge >= 0.3 is 0 Å². The van der Waals surface area contributed by atoms with Gasteiger partial charge in [-0.1, -0.05) is 30.3 Å². The first kappa shape index (κ1) is 20.8. The molecule has 3 aromatic rings. The van der Waals surface area contributed by atoms with Gasteiger partial charge in [-0.05, 0) is 37.8 Å². The molecule has 6 nitrogen and oxygen atoms in total. The van der Waals surface area contributed by atoms with Crippen LogP contribution in [0.5, 0.6) is 0 Å². The van der Waals surface area contributed by atoms with Crippen LogP contribution in [0.4, 0.5) is 0 Å². The Morgan fingerprint density at radius 1 is 1.20 bits per heavy atom. The molecule has 1 aromatic carbocycles. The van der Waals surface area contributed by atoms with Crippen molar-refractivity contribution in [3.63, 3.8) is 0 Å². The van der Waals surface area contributed by atoms with E-state index in [1.165, 1.54) is 16.9 Å². The highest BCUT2D eigenvalue weighted by molar-refractivity contribution is 7.18. The molecule has 0 spiro atoms. The molecule has 30 heavy (non-hydrogen) atoms. The van der Waals surface area contributed by atoms with Crippen molar-refractivity contribution in [3.8, 4) is 0 Å². The number of aryl methyl sites for hydroxylation is 3. The Balaban J connectivity index is 1.28. The van der Waals surface area contributed by atoms with Crippen molar-refractivity contribution in [2.24, 2.45) is 0 Å². The van der Waals surface area contributed by atoms with E-state index in [1.54, 1.807) is 10.9 Å². The molecule has 1 saturated heterocycles. The van der Waals surface area contributed by atoms with Crippen LogP contribution in [0, 0.1) is 13.8 Å². The maximum Gasteiger partial charge on any atom is 0.262 e. The molecule has 0 saturated carbocycles. The van der Waals surface area contributed by atoms with E-state index in [0.717, 1.165) is 28.1 Å². The van der Waals surface area contributed by atoms with Gasteiger partial charge < -0.3 is 9.64 Å². The van der Waals surface area contributed by atoms with E-state index in [4.69, 9.17) is 4.74 Å². The first-order chi connectivity index (χ1) is 14.5. The molecule has 1 aliphatic heterocycles. The molecule has 1 fully saturated rings. The van der Waals surface area contributed by atoms with Crippen LogP contribution in [0.25, 0.3) is 10.2 Å². The third-order valence-corrected chi connectivity index (χ3v) is 6.96. The third kappa shape index (κ3) is 4.47. The van der Waals surface area contributed by atoms with Crippen LogP contribution < -0.4 is 5.56 Å². The molecule has 1 aliphatic rings. The van der Waals surface area contributed by atoms with Gasteiger partial charge in [-0.25, -0.2) is 4.98 Å². The summed E-state index contributed by atoms with van der Waals surface area (Å²) in [5.41, 5.74) is 2.11. The van der Waals surface area contributed by atoms with Crippen LogP contribution in [-0.4, -0.2) is 39.6 Å². The topological polar surface area (TPSA) is 64.4 Å². The van der Waals surface area contributed by atoms with Gasteiger partial charge in [0.25, 0.3) is 5.56 Å². The molecule has 0 radical (unpaired) electrons.